The minimum atomic E-state index is 0.750. The molecule has 0 bridgehead atoms. The molecule has 0 aromatic rings. The molecule has 0 aliphatic carbocycles. The standard InChI is InChI=1S/C7H8S2.C2H6/c1-5-4-9-7-6(5)2-3-8-7;1-2/h2-4,6-7H,1H3;1-2H3. The van der Waals surface area contributed by atoms with Crippen LogP contribution in [0.5, 0.6) is 0 Å². The number of hydrogen-bond donors (Lipinski definition) is 0. The van der Waals surface area contributed by atoms with Gasteiger partial charge < -0.3 is 0 Å². The van der Waals surface area contributed by atoms with Crippen molar-refractivity contribution in [2.24, 2.45) is 5.92 Å². The summed E-state index contributed by atoms with van der Waals surface area (Å²) in [4.78, 5) is 0. The van der Waals surface area contributed by atoms with Crippen molar-refractivity contribution in [3.63, 3.8) is 0 Å². The van der Waals surface area contributed by atoms with Crippen molar-refractivity contribution in [2.75, 3.05) is 0 Å². The molecular weight excluding hydrogens is 172 g/mol. The van der Waals surface area contributed by atoms with Gasteiger partial charge in [0.1, 0.15) is 0 Å². The van der Waals surface area contributed by atoms with E-state index in [0.29, 0.717) is 0 Å². The third-order valence-corrected chi connectivity index (χ3v) is 4.32. The van der Waals surface area contributed by atoms with E-state index in [1.807, 2.05) is 37.4 Å². The Balaban J connectivity index is 0.000000281. The summed E-state index contributed by atoms with van der Waals surface area (Å²) in [5.41, 5.74) is 1.53. The highest BCUT2D eigenvalue weighted by molar-refractivity contribution is 8.20. The SMILES string of the molecule is CC.CC1=CSC2SC=CC12. The number of allylic oxidation sites excluding steroid dienone is 2. The van der Waals surface area contributed by atoms with Crippen molar-refractivity contribution in [1.82, 2.24) is 0 Å². The van der Waals surface area contributed by atoms with Gasteiger partial charge in [0.25, 0.3) is 0 Å². The molecule has 0 amide bonds. The largest absolute Gasteiger partial charge is 0.119 e. The molecule has 2 aliphatic heterocycles. The third kappa shape index (κ3) is 1.85. The van der Waals surface area contributed by atoms with Gasteiger partial charge in [-0.3, -0.25) is 0 Å². The van der Waals surface area contributed by atoms with E-state index in [2.05, 4.69) is 23.8 Å². The second-order valence-corrected chi connectivity index (χ2v) is 4.72. The van der Waals surface area contributed by atoms with Gasteiger partial charge in [0.05, 0.1) is 4.58 Å². The maximum atomic E-state index is 2.31. The fourth-order valence-corrected chi connectivity index (χ4v) is 3.60. The third-order valence-electron chi connectivity index (χ3n) is 1.71. The highest BCUT2D eigenvalue weighted by atomic mass is 32.2. The maximum Gasteiger partial charge on any atom is 0.0684 e. The fourth-order valence-electron chi connectivity index (χ4n) is 1.12. The van der Waals surface area contributed by atoms with Crippen molar-refractivity contribution >= 4 is 23.5 Å². The Morgan fingerprint density at radius 3 is 2.64 bits per heavy atom. The Bertz CT molecular complexity index is 182. The second kappa shape index (κ2) is 4.27. The Morgan fingerprint density at radius 2 is 2.00 bits per heavy atom. The van der Waals surface area contributed by atoms with Gasteiger partial charge in [0, 0.05) is 5.92 Å². The molecule has 2 aliphatic rings. The minimum Gasteiger partial charge on any atom is -0.119 e. The lowest BCUT2D eigenvalue weighted by molar-refractivity contribution is 0.876. The zero-order chi connectivity index (χ0) is 8.27. The van der Waals surface area contributed by atoms with E-state index in [1.165, 1.54) is 5.57 Å². The first-order valence-corrected chi connectivity index (χ1v) is 5.91. The lowest BCUT2D eigenvalue weighted by atomic mass is 10.1. The van der Waals surface area contributed by atoms with Gasteiger partial charge in [0.15, 0.2) is 0 Å². The zero-order valence-corrected chi connectivity index (χ0v) is 8.84. The van der Waals surface area contributed by atoms with Gasteiger partial charge in [-0.1, -0.05) is 25.5 Å². The van der Waals surface area contributed by atoms with E-state index in [0.717, 1.165) is 10.5 Å². The monoisotopic (exact) mass is 186 g/mol. The van der Waals surface area contributed by atoms with Crippen molar-refractivity contribution < 1.29 is 0 Å². The van der Waals surface area contributed by atoms with E-state index < -0.39 is 0 Å². The molecule has 0 N–H and O–H groups in total. The molecule has 0 saturated carbocycles. The molecular formula is C9H14S2. The van der Waals surface area contributed by atoms with E-state index in [4.69, 9.17) is 0 Å². The maximum absolute atomic E-state index is 2.31. The summed E-state index contributed by atoms with van der Waals surface area (Å²) >= 11 is 3.91. The van der Waals surface area contributed by atoms with Gasteiger partial charge in [-0.15, -0.1) is 23.5 Å². The molecule has 0 aromatic heterocycles. The average molecular weight is 186 g/mol. The van der Waals surface area contributed by atoms with Crippen LogP contribution in [0.2, 0.25) is 0 Å². The van der Waals surface area contributed by atoms with Crippen molar-refractivity contribution in [2.45, 2.75) is 25.4 Å². The first kappa shape index (κ1) is 9.27. The first-order valence-electron chi connectivity index (χ1n) is 4.02. The highest BCUT2D eigenvalue weighted by Crippen LogP contribution is 2.47. The van der Waals surface area contributed by atoms with Crippen LogP contribution in [0.4, 0.5) is 0 Å². The Kier molecular flexibility index (Phi) is 3.60. The van der Waals surface area contributed by atoms with Gasteiger partial charge in [-0.2, -0.15) is 0 Å². The van der Waals surface area contributed by atoms with Crippen LogP contribution < -0.4 is 0 Å². The van der Waals surface area contributed by atoms with Crippen LogP contribution in [0.1, 0.15) is 20.8 Å². The molecule has 2 rings (SSSR count). The highest BCUT2D eigenvalue weighted by Gasteiger charge is 2.28. The van der Waals surface area contributed by atoms with E-state index >= 15 is 0 Å². The summed E-state index contributed by atoms with van der Waals surface area (Å²) in [6.45, 7) is 6.22. The molecule has 0 spiro atoms. The van der Waals surface area contributed by atoms with Crippen LogP contribution >= 0.6 is 23.5 Å². The van der Waals surface area contributed by atoms with Crippen LogP contribution in [0.3, 0.4) is 0 Å². The second-order valence-electron chi connectivity index (χ2n) is 2.36. The molecule has 0 radical (unpaired) electrons. The van der Waals surface area contributed by atoms with Crippen molar-refractivity contribution in [3.05, 3.63) is 22.5 Å². The molecule has 2 atom stereocenters. The Hall–Kier alpha value is 0.180. The normalized spacial score (nSPS) is 32.5. The van der Waals surface area contributed by atoms with E-state index in [9.17, 15) is 0 Å². The number of thioether (sulfide) groups is 2. The first-order chi connectivity index (χ1) is 5.38. The summed E-state index contributed by atoms with van der Waals surface area (Å²) in [6.07, 6.45) is 2.31. The van der Waals surface area contributed by atoms with Crippen LogP contribution in [0.25, 0.3) is 0 Å². The van der Waals surface area contributed by atoms with Crippen LogP contribution in [-0.2, 0) is 0 Å². The molecule has 2 heteroatoms. The molecule has 11 heavy (non-hydrogen) atoms. The smallest absolute Gasteiger partial charge is 0.0684 e. The quantitative estimate of drug-likeness (QED) is 0.563. The summed E-state index contributed by atoms with van der Waals surface area (Å²) in [7, 11) is 0. The fraction of sp³-hybridized carbons (Fsp3) is 0.556. The van der Waals surface area contributed by atoms with E-state index in [-0.39, 0.29) is 0 Å². The summed E-state index contributed by atoms with van der Waals surface area (Å²) in [5.74, 6) is 0.750. The Labute approximate surface area is 77.5 Å². The number of fused-ring (bicyclic) bond motifs is 1. The van der Waals surface area contributed by atoms with E-state index in [1.54, 1.807) is 0 Å². The van der Waals surface area contributed by atoms with Crippen LogP contribution in [-0.4, -0.2) is 4.58 Å². The van der Waals surface area contributed by atoms with Crippen molar-refractivity contribution in [1.29, 1.82) is 0 Å². The van der Waals surface area contributed by atoms with Gasteiger partial charge in [-0.05, 0) is 17.7 Å². The van der Waals surface area contributed by atoms with Crippen LogP contribution in [0.15, 0.2) is 22.5 Å². The lowest BCUT2D eigenvalue weighted by Crippen LogP contribution is -2.01. The molecule has 62 valence electrons. The van der Waals surface area contributed by atoms with Crippen molar-refractivity contribution in [3.8, 4) is 0 Å². The van der Waals surface area contributed by atoms with Gasteiger partial charge in [-0.25, -0.2) is 0 Å². The minimum absolute atomic E-state index is 0.750. The summed E-state index contributed by atoms with van der Waals surface area (Å²) in [6, 6.07) is 0. The van der Waals surface area contributed by atoms with Crippen LogP contribution in [0, 0.1) is 5.92 Å². The number of hydrogen-bond acceptors (Lipinski definition) is 2. The average Bonchev–Trinajstić information content (AvgIpc) is 2.60. The molecule has 0 nitrogen and oxygen atoms in total. The predicted molar refractivity (Wildman–Crippen MR) is 56.7 cm³/mol. The molecule has 0 aromatic carbocycles. The molecule has 2 unspecified atom stereocenters. The molecule has 0 fully saturated rings. The predicted octanol–water partition coefficient (Wildman–Crippen LogP) is 3.87. The number of rotatable bonds is 0. The lowest BCUT2D eigenvalue weighted by Gasteiger charge is -2.06. The topological polar surface area (TPSA) is 0 Å². The molecule has 0 saturated heterocycles. The molecule has 2 heterocycles. The summed E-state index contributed by atoms with van der Waals surface area (Å²) < 4.78 is 0.782. The summed E-state index contributed by atoms with van der Waals surface area (Å²) in [5, 5.41) is 4.50. The Morgan fingerprint density at radius 1 is 1.27 bits per heavy atom. The van der Waals surface area contributed by atoms with Gasteiger partial charge in [0.2, 0.25) is 0 Å². The zero-order valence-electron chi connectivity index (χ0n) is 7.20. The van der Waals surface area contributed by atoms with Gasteiger partial charge >= 0.3 is 0 Å².